The number of aliphatic hydroxyl groups excluding tert-OH is 1. The molecule has 0 heterocycles. The first-order valence-corrected chi connectivity index (χ1v) is 9.33. The monoisotopic (exact) mass is 331 g/mol. The van der Waals surface area contributed by atoms with E-state index in [0.717, 1.165) is 0 Å². The summed E-state index contributed by atoms with van der Waals surface area (Å²) >= 11 is 0. The molecule has 6 heteroatoms. The van der Waals surface area contributed by atoms with Gasteiger partial charge in [-0.05, 0) is 51.0 Å². The highest BCUT2D eigenvalue weighted by atomic mass is 32.2. The van der Waals surface area contributed by atoms with Gasteiger partial charge in [-0.2, -0.15) is 0 Å². The summed E-state index contributed by atoms with van der Waals surface area (Å²) in [6.45, 7) is 8.31. The number of aryl methyl sites for hydroxylation is 1. The third kappa shape index (κ3) is 6.02. The number of β-amino-alcohol motifs (C(OH)–C–C–N with tert-alkyl or cyclic N) is 1. The molecule has 0 fully saturated rings. The highest BCUT2D eigenvalue weighted by Gasteiger charge is 2.25. The van der Waals surface area contributed by atoms with Crippen LogP contribution < -0.4 is 0 Å². The van der Waals surface area contributed by atoms with E-state index in [-0.39, 0.29) is 17.1 Å². The van der Waals surface area contributed by atoms with Crippen molar-refractivity contribution in [2.24, 2.45) is 0 Å². The standard InChI is InChI=1S/C16H26FNO3S/c1-12-10-13(17)6-7-14(12)15(19)11-18(16(2,3)4)8-9-22(5,20)21/h6-7,10,15,19H,8-9,11H2,1-5H3. The lowest BCUT2D eigenvalue weighted by molar-refractivity contribution is 0.0628. The third-order valence-electron chi connectivity index (χ3n) is 3.66. The summed E-state index contributed by atoms with van der Waals surface area (Å²) in [6, 6.07) is 4.28. The third-order valence-corrected chi connectivity index (χ3v) is 4.59. The van der Waals surface area contributed by atoms with Crippen molar-refractivity contribution in [2.45, 2.75) is 39.3 Å². The first kappa shape index (κ1) is 19.1. The Morgan fingerprint density at radius 2 is 1.91 bits per heavy atom. The predicted octanol–water partition coefficient (Wildman–Crippen LogP) is 2.31. The minimum Gasteiger partial charge on any atom is -0.387 e. The highest BCUT2D eigenvalue weighted by Crippen LogP contribution is 2.23. The number of hydrogen-bond acceptors (Lipinski definition) is 4. The van der Waals surface area contributed by atoms with Crippen molar-refractivity contribution in [3.63, 3.8) is 0 Å². The number of benzene rings is 1. The zero-order chi connectivity index (χ0) is 17.1. The summed E-state index contributed by atoms with van der Waals surface area (Å²) < 4.78 is 35.9. The van der Waals surface area contributed by atoms with Crippen LogP contribution in [-0.4, -0.2) is 49.1 Å². The van der Waals surface area contributed by atoms with E-state index in [4.69, 9.17) is 0 Å². The number of hydrogen-bond donors (Lipinski definition) is 1. The molecule has 1 atom stereocenters. The number of nitrogens with zero attached hydrogens (tertiary/aromatic N) is 1. The van der Waals surface area contributed by atoms with Gasteiger partial charge in [0.25, 0.3) is 0 Å². The van der Waals surface area contributed by atoms with Crippen LogP contribution in [0.2, 0.25) is 0 Å². The maximum absolute atomic E-state index is 13.2. The molecule has 0 radical (unpaired) electrons. The molecule has 0 saturated carbocycles. The molecule has 0 aliphatic rings. The number of halogens is 1. The van der Waals surface area contributed by atoms with Crippen LogP contribution in [0.25, 0.3) is 0 Å². The van der Waals surface area contributed by atoms with Gasteiger partial charge in [0.1, 0.15) is 15.7 Å². The fourth-order valence-electron chi connectivity index (χ4n) is 2.30. The summed E-state index contributed by atoms with van der Waals surface area (Å²) in [5, 5.41) is 10.4. The van der Waals surface area contributed by atoms with Crippen molar-refractivity contribution < 1.29 is 17.9 Å². The Kier molecular flexibility index (Phi) is 6.12. The van der Waals surface area contributed by atoms with Gasteiger partial charge in [0.05, 0.1) is 11.9 Å². The molecule has 22 heavy (non-hydrogen) atoms. The second kappa shape index (κ2) is 7.06. The molecule has 1 rings (SSSR count). The molecule has 0 amide bonds. The van der Waals surface area contributed by atoms with Gasteiger partial charge in [-0.25, -0.2) is 12.8 Å². The van der Waals surface area contributed by atoms with Crippen molar-refractivity contribution in [2.75, 3.05) is 25.1 Å². The minimum atomic E-state index is -3.07. The van der Waals surface area contributed by atoms with E-state index in [1.54, 1.807) is 13.0 Å². The Bertz CT molecular complexity index is 608. The van der Waals surface area contributed by atoms with Crippen LogP contribution in [0.1, 0.15) is 38.0 Å². The van der Waals surface area contributed by atoms with Crippen molar-refractivity contribution >= 4 is 9.84 Å². The normalized spacial score (nSPS) is 14.4. The van der Waals surface area contributed by atoms with Crippen LogP contribution in [0.15, 0.2) is 18.2 Å². The van der Waals surface area contributed by atoms with E-state index < -0.39 is 15.9 Å². The molecule has 126 valence electrons. The van der Waals surface area contributed by atoms with E-state index in [1.807, 2.05) is 25.7 Å². The molecule has 1 N–H and O–H groups in total. The maximum atomic E-state index is 13.2. The molecule has 1 aromatic rings. The van der Waals surface area contributed by atoms with Crippen LogP contribution in [0.3, 0.4) is 0 Å². The summed E-state index contributed by atoms with van der Waals surface area (Å²) in [5.41, 5.74) is 1.07. The Morgan fingerprint density at radius 3 is 2.36 bits per heavy atom. The average molecular weight is 331 g/mol. The van der Waals surface area contributed by atoms with Gasteiger partial charge in [0.2, 0.25) is 0 Å². The smallest absolute Gasteiger partial charge is 0.148 e. The van der Waals surface area contributed by atoms with Gasteiger partial charge in [-0.15, -0.1) is 0 Å². The molecule has 1 aromatic carbocycles. The molecular weight excluding hydrogens is 305 g/mol. The molecule has 0 bridgehead atoms. The van der Waals surface area contributed by atoms with Crippen LogP contribution in [0, 0.1) is 12.7 Å². The molecule has 0 aliphatic carbocycles. The lowest BCUT2D eigenvalue weighted by atomic mass is 10.00. The lowest BCUT2D eigenvalue weighted by Crippen LogP contribution is -2.46. The van der Waals surface area contributed by atoms with Crippen molar-refractivity contribution in [3.05, 3.63) is 35.1 Å². The van der Waals surface area contributed by atoms with Crippen molar-refractivity contribution in [1.82, 2.24) is 4.90 Å². The molecule has 0 aromatic heterocycles. The topological polar surface area (TPSA) is 57.6 Å². The fraction of sp³-hybridized carbons (Fsp3) is 0.625. The van der Waals surface area contributed by atoms with Crippen LogP contribution >= 0.6 is 0 Å². The predicted molar refractivity (Wildman–Crippen MR) is 87.1 cm³/mol. The molecule has 0 spiro atoms. The van der Waals surface area contributed by atoms with E-state index in [9.17, 15) is 17.9 Å². The highest BCUT2D eigenvalue weighted by molar-refractivity contribution is 7.90. The second-order valence-electron chi connectivity index (χ2n) is 6.76. The van der Waals surface area contributed by atoms with Gasteiger partial charge in [0.15, 0.2) is 0 Å². The minimum absolute atomic E-state index is 0.0411. The quantitative estimate of drug-likeness (QED) is 0.869. The number of rotatable bonds is 6. The van der Waals surface area contributed by atoms with Gasteiger partial charge in [-0.3, -0.25) is 4.90 Å². The zero-order valence-corrected chi connectivity index (χ0v) is 14.7. The first-order valence-electron chi connectivity index (χ1n) is 7.27. The molecule has 4 nitrogen and oxygen atoms in total. The lowest BCUT2D eigenvalue weighted by Gasteiger charge is -2.37. The van der Waals surface area contributed by atoms with Gasteiger partial charge in [-0.1, -0.05) is 6.07 Å². The summed E-state index contributed by atoms with van der Waals surface area (Å²) in [6.07, 6.45) is 0.411. The number of aliphatic hydroxyl groups is 1. The van der Waals surface area contributed by atoms with E-state index in [0.29, 0.717) is 24.2 Å². The first-order chi connectivity index (χ1) is 9.90. The van der Waals surface area contributed by atoms with Gasteiger partial charge < -0.3 is 5.11 Å². The Labute approximate surface area is 132 Å². The Balaban J connectivity index is 2.89. The molecule has 0 aliphatic heterocycles. The molecular formula is C16H26FNO3S. The Hall–Kier alpha value is -0.980. The largest absolute Gasteiger partial charge is 0.387 e. The average Bonchev–Trinajstić information content (AvgIpc) is 2.31. The second-order valence-corrected chi connectivity index (χ2v) is 9.02. The number of sulfone groups is 1. The van der Waals surface area contributed by atoms with Crippen LogP contribution in [-0.2, 0) is 9.84 Å². The van der Waals surface area contributed by atoms with Crippen LogP contribution in [0.4, 0.5) is 4.39 Å². The molecule has 1 unspecified atom stereocenters. The van der Waals surface area contributed by atoms with Crippen LogP contribution in [0.5, 0.6) is 0 Å². The van der Waals surface area contributed by atoms with E-state index >= 15 is 0 Å². The van der Waals surface area contributed by atoms with Gasteiger partial charge in [0, 0.05) is 24.9 Å². The maximum Gasteiger partial charge on any atom is 0.148 e. The van der Waals surface area contributed by atoms with E-state index in [1.165, 1.54) is 18.4 Å². The summed E-state index contributed by atoms with van der Waals surface area (Å²) in [5.74, 6) is -0.294. The van der Waals surface area contributed by atoms with Crippen molar-refractivity contribution in [3.8, 4) is 0 Å². The Morgan fingerprint density at radius 1 is 1.32 bits per heavy atom. The summed E-state index contributed by atoms with van der Waals surface area (Å²) in [4.78, 5) is 1.93. The zero-order valence-electron chi connectivity index (χ0n) is 13.9. The summed E-state index contributed by atoms with van der Waals surface area (Å²) in [7, 11) is -3.07. The fourth-order valence-corrected chi connectivity index (χ4v) is 2.85. The van der Waals surface area contributed by atoms with E-state index in [2.05, 4.69) is 0 Å². The SMILES string of the molecule is Cc1cc(F)ccc1C(O)CN(CCS(C)(=O)=O)C(C)(C)C. The molecule has 0 saturated heterocycles. The van der Waals surface area contributed by atoms with Gasteiger partial charge >= 0.3 is 0 Å². The van der Waals surface area contributed by atoms with Crippen molar-refractivity contribution in [1.29, 1.82) is 0 Å².